The van der Waals surface area contributed by atoms with Gasteiger partial charge in [0.15, 0.2) is 0 Å². The van der Waals surface area contributed by atoms with E-state index in [4.69, 9.17) is 9.47 Å². The SMILES string of the molecule is CC(C)OC(C)C(C)(C)C(=O)[C@@H](C)C(O)[C@@H](C)COCc1ccccc1. The summed E-state index contributed by atoms with van der Waals surface area (Å²) < 4.78 is 11.5. The van der Waals surface area contributed by atoms with Crippen LogP contribution in [0.5, 0.6) is 0 Å². The van der Waals surface area contributed by atoms with Crippen molar-refractivity contribution < 1.29 is 19.4 Å². The van der Waals surface area contributed by atoms with Gasteiger partial charge in [-0.2, -0.15) is 0 Å². The lowest BCUT2D eigenvalue weighted by Crippen LogP contribution is -2.45. The molecular formula is C22H36O4. The van der Waals surface area contributed by atoms with Crippen LogP contribution in [0.2, 0.25) is 0 Å². The van der Waals surface area contributed by atoms with Crippen molar-refractivity contribution in [3.8, 4) is 0 Å². The molecule has 0 radical (unpaired) electrons. The van der Waals surface area contributed by atoms with E-state index in [0.29, 0.717) is 13.2 Å². The van der Waals surface area contributed by atoms with E-state index in [0.717, 1.165) is 5.56 Å². The van der Waals surface area contributed by atoms with Crippen molar-refractivity contribution in [2.45, 2.75) is 73.4 Å². The minimum absolute atomic E-state index is 0.0214. The summed E-state index contributed by atoms with van der Waals surface area (Å²) in [5.74, 6) is -0.582. The number of carbonyl (C=O) groups excluding carboxylic acids is 1. The van der Waals surface area contributed by atoms with Crippen molar-refractivity contribution in [2.24, 2.45) is 17.3 Å². The second-order valence-corrected chi connectivity index (χ2v) is 8.17. The second kappa shape index (κ2) is 10.2. The van der Waals surface area contributed by atoms with Crippen molar-refractivity contribution in [3.05, 3.63) is 35.9 Å². The molecule has 1 N–H and O–H groups in total. The Morgan fingerprint density at radius 2 is 1.65 bits per heavy atom. The molecule has 148 valence electrons. The largest absolute Gasteiger partial charge is 0.392 e. The molecule has 0 aliphatic rings. The van der Waals surface area contributed by atoms with Crippen molar-refractivity contribution in [1.82, 2.24) is 0 Å². The van der Waals surface area contributed by atoms with Crippen molar-refractivity contribution in [3.63, 3.8) is 0 Å². The van der Waals surface area contributed by atoms with Gasteiger partial charge < -0.3 is 14.6 Å². The zero-order chi connectivity index (χ0) is 19.9. The molecule has 0 aliphatic heterocycles. The monoisotopic (exact) mass is 364 g/mol. The Hall–Kier alpha value is -1.23. The number of ketones is 1. The summed E-state index contributed by atoms with van der Waals surface area (Å²) >= 11 is 0. The van der Waals surface area contributed by atoms with Crippen LogP contribution in [0.4, 0.5) is 0 Å². The highest BCUT2D eigenvalue weighted by atomic mass is 16.5. The number of rotatable bonds is 11. The Labute approximate surface area is 158 Å². The first-order valence-corrected chi connectivity index (χ1v) is 9.56. The van der Waals surface area contributed by atoms with E-state index in [-0.39, 0.29) is 23.9 Å². The predicted octanol–water partition coefficient (Wildman–Crippen LogP) is 4.25. The molecule has 1 aromatic carbocycles. The van der Waals surface area contributed by atoms with Gasteiger partial charge in [0.25, 0.3) is 0 Å². The fourth-order valence-electron chi connectivity index (χ4n) is 3.05. The van der Waals surface area contributed by atoms with Gasteiger partial charge in [0, 0.05) is 17.3 Å². The third kappa shape index (κ3) is 6.49. The van der Waals surface area contributed by atoms with Gasteiger partial charge in [-0.05, 0) is 26.3 Å². The van der Waals surface area contributed by atoms with Gasteiger partial charge in [0.1, 0.15) is 5.78 Å². The van der Waals surface area contributed by atoms with Crippen LogP contribution in [0.25, 0.3) is 0 Å². The lowest BCUT2D eigenvalue weighted by Gasteiger charge is -2.36. The third-order valence-electron chi connectivity index (χ3n) is 5.13. The van der Waals surface area contributed by atoms with Crippen LogP contribution >= 0.6 is 0 Å². The molecule has 0 amide bonds. The fourth-order valence-corrected chi connectivity index (χ4v) is 3.05. The average molecular weight is 365 g/mol. The molecule has 0 aromatic heterocycles. The Balaban J connectivity index is 2.58. The number of benzene rings is 1. The van der Waals surface area contributed by atoms with E-state index in [2.05, 4.69) is 0 Å². The van der Waals surface area contributed by atoms with E-state index in [9.17, 15) is 9.90 Å². The van der Waals surface area contributed by atoms with Crippen LogP contribution in [-0.2, 0) is 20.9 Å². The molecule has 1 aromatic rings. The third-order valence-corrected chi connectivity index (χ3v) is 5.13. The Morgan fingerprint density at radius 1 is 1.08 bits per heavy atom. The van der Waals surface area contributed by atoms with Crippen molar-refractivity contribution in [2.75, 3.05) is 6.61 Å². The molecule has 4 heteroatoms. The predicted molar refractivity (Wildman–Crippen MR) is 105 cm³/mol. The molecule has 0 spiro atoms. The molecule has 0 bridgehead atoms. The van der Waals surface area contributed by atoms with Crippen LogP contribution in [0.3, 0.4) is 0 Å². The van der Waals surface area contributed by atoms with Gasteiger partial charge in [0.2, 0.25) is 0 Å². The molecular weight excluding hydrogens is 328 g/mol. The van der Waals surface area contributed by atoms with Crippen LogP contribution in [-0.4, -0.2) is 35.8 Å². The number of hydrogen-bond donors (Lipinski definition) is 1. The topological polar surface area (TPSA) is 55.8 Å². The summed E-state index contributed by atoms with van der Waals surface area (Å²) in [4.78, 5) is 12.9. The number of Topliss-reactive ketones (excluding diaryl/α,β-unsaturated/α-hetero) is 1. The Kier molecular flexibility index (Phi) is 8.94. The normalized spacial score (nSPS) is 17.0. The summed E-state index contributed by atoms with van der Waals surface area (Å²) in [7, 11) is 0. The molecule has 0 saturated carbocycles. The Bertz CT molecular complexity index is 538. The van der Waals surface area contributed by atoms with E-state index in [1.54, 1.807) is 6.92 Å². The zero-order valence-corrected chi connectivity index (χ0v) is 17.4. The average Bonchev–Trinajstić information content (AvgIpc) is 2.59. The van der Waals surface area contributed by atoms with Gasteiger partial charge in [-0.3, -0.25) is 4.79 Å². The molecule has 0 aliphatic carbocycles. The smallest absolute Gasteiger partial charge is 0.146 e. The molecule has 0 saturated heterocycles. The van der Waals surface area contributed by atoms with E-state index in [1.165, 1.54) is 0 Å². The molecule has 2 unspecified atom stereocenters. The number of aliphatic hydroxyl groups is 1. The molecule has 4 atom stereocenters. The molecule has 1 rings (SSSR count). The van der Waals surface area contributed by atoms with E-state index in [1.807, 2.05) is 71.9 Å². The van der Waals surface area contributed by atoms with Gasteiger partial charge in [-0.1, -0.05) is 58.0 Å². The zero-order valence-electron chi connectivity index (χ0n) is 17.4. The van der Waals surface area contributed by atoms with Gasteiger partial charge in [0.05, 0.1) is 31.5 Å². The lowest BCUT2D eigenvalue weighted by molar-refractivity contribution is -0.146. The quantitative estimate of drug-likeness (QED) is 0.638. The summed E-state index contributed by atoms with van der Waals surface area (Å²) in [6.07, 6.45) is -0.902. The minimum Gasteiger partial charge on any atom is -0.392 e. The second-order valence-electron chi connectivity index (χ2n) is 8.17. The maximum atomic E-state index is 12.9. The number of carbonyl (C=O) groups is 1. The van der Waals surface area contributed by atoms with Crippen LogP contribution < -0.4 is 0 Å². The number of aliphatic hydroxyl groups excluding tert-OH is 1. The van der Waals surface area contributed by atoms with Gasteiger partial charge in [-0.25, -0.2) is 0 Å². The number of hydrogen-bond acceptors (Lipinski definition) is 4. The molecule has 26 heavy (non-hydrogen) atoms. The van der Waals surface area contributed by atoms with Gasteiger partial charge >= 0.3 is 0 Å². The first-order valence-electron chi connectivity index (χ1n) is 9.56. The number of ether oxygens (including phenoxy) is 2. The summed E-state index contributed by atoms with van der Waals surface area (Å²) in [6.45, 7) is 14.2. The first-order chi connectivity index (χ1) is 12.1. The van der Waals surface area contributed by atoms with E-state index < -0.39 is 17.4 Å². The van der Waals surface area contributed by atoms with Crippen LogP contribution in [0, 0.1) is 17.3 Å². The summed E-state index contributed by atoms with van der Waals surface area (Å²) in [5, 5.41) is 10.6. The fraction of sp³-hybridized carbons (Fsp3) is 0.682. The highest BCUT2D eigenvalue weighted by molar-refractivity contribution is 5.87. The Morgan fingerprint density at radius 3 is 2.19 bits per heavy atom. The summed E-state index contributed by atoms with van der Waals surface area (Å²) in [6, 6.07) is 9.92. The van der Waals surface area contributed by atoms with Crippen molar-refractivity contribution >= 4 is 5.78 Å². The summed E-state index contributed by atoms with van der Waals surface area (Å²) in [5.41, 5.74) is 0.439. The highest BCUT2D eigenvalue weighted by Gasteiger charge is 2.40. The lowest BCUT2D eigenvalue weighted by atomic mass is 9.74. The van der Waals surface area contributed by atoms with Crippen LogP contribution in [0.15, 0.2) is 30.3 Å². The first kappa shape index (κ1) is 22.8. The minimum atomic E-state index is -0.746. The maximum absolute atomic E-state index is 12.9. The molecule has 0 heterocycles. The molecule has 0 fully saturated rings. The standard InChI is InChI=1S/C22H36O4/c1-15(2)26-18(5)22(6,7)21(24)17(4)20(23)16(3)13-25-14-19-11-9-8-10-12-19/h8-12,15-18,20,23H,13-14H2,1-7H3/t16-,17-,18?,20?/m0/s1. The maximum Gasteiger partial charge on any atom is 0.146 e. The van der Waals surface area contributed by atoms with E-state index >= 15 is 0 Å². The molecule has 4 nitrogen and oxygen atoms in total. The van der Waals surface area contributed by atoms with Crippen molar-refractivity contribution in [1.29, 1.82) is 0 Å². The highest BCUT2D eigenvalue weighted by Crippen LogP contribution is 2.31. The van der Waals surface area contributed by atoms with Gasteiger partial charge in [-0.15, -0.1) is 0 Å². The van der Waals surface area contributed by atoms with Crippen LogP contribution in [0.1, 0.15) is 54.0 Å².